The van der Waals surface area contributed by atoms with Crippen LogP contribution in [0, 0.1) is 0 Å². The first-order valence-corrected chi connectivity index (χ1v) is 8.88. The molecule has 5 nitrogen and oxygen atoms in total. The molecule has 0 aliphatic carbocycles. The molecule has 0 bridgehead atoms. The summed E-state index contributed by atoms with van der Waals surface area (Å²) in [6.07, 6.45) is 3.26. The van der Waals surface area contributed by atoms with E-state index in [1.54, 1.807) is 7.11 Å². The number of ether oxygens (including phenoxy) is 3. The molecule has 1 aliphatic heterocycles. The molecule has 1 aliphatic rings. The highest BCUT2D eigenvalue weighted by Gasteiger charge is 2.26. The number of rotatable bonds is 9. The Bertz CT molecular complexity index is 472. The molecule has 5 heteroatoms. The van der Waals surface area contributed by atoms with Crippen molar-refractivity contribution in [3.63, 3.8) is 0 Å². The minimum atomic E-state index is -0.454. The SMILES string of the molecule is COc1cccc(OCCOCC(O)CN2C(C)CCCC2C)c1. The van der Waals surface area contributed by atoms with Crippen LogP contribution in [0.2, 0.25) is 0 Å². The first-order valence-electron chi connectivity index (χ1n) is 8.88. The highest BCUT2D eigenvalue weighted by molar-refractivity contribution is 5.32. The summed E-state index contributed by atoms with van der Waals surface area (Å²) in [5, 5.41) is 10.2. The normalized spacial score (nSPS) is 23.0. The Labute approximate surface area is 145 Å². The van der Waals surface area contributed by atoms with Gasteiger partial charge in [0.15, 0.2) is 0 Å². The Balaban J connectivity index is 1.61. The molecule has 0 aromatic heterocycles. The lowest BCUT2D eigenvalue weighted by atomic mass is 9.97. The van der Waals surface area contributed by atoms with Crippen molar-refractivity contribution in [2.75, 3.05) is 33.5 Å². The van der Waals surface area contributed by atoms with Crippen molar-refractivity contribution in [2.45, 2.75) is 51.3 Å². The number of aliphatic hydroxyl groups excluding tert-OH is 1. The Kier molecular flexibility index (Phi) is 7.82. The zero-order valence-electron chi connectivity index (χ0n) is 15.1. The second-order valence-corrected chi connectivity index (χ2v) is 6.58. The van der Waals surface area contributed by atoms with Gasteiger partial charge in [-0.05, 0) is 38.8 Å². The average Bonchev–Trinajstić information content (AvgIpc) is 2.58. The van der Waals surface area contributed by atoms with Crippen molar-refractivity contribution in [1.82, 2.24) is 4.90 Å². The molecular formula is C19H31NO4. The van der Waals surface area contributed by atoms with Gasteiger partial charge in [0.05, 0.1) is 26.4 Å². The van der Waals surface area contributed by atoms with Crippen LogP contribution in [0.4, 0.5) is 0 Å². The van der Waals surface area contributed by atoms with E-state index in [9.17, 15) is 5.11 Å². The molecule has 136 valence electrons. The maximum atomic E-state index is 10.2. The third-order valence-electron chi connectivity index (χ3n) is 4.65. The van der Waals surface area contributed by atoms with Crippen LogP contribution in [0.3, 0.4) is 0 Å². The molecule has 1 aromatic rings. The first kappa shape index (κ1) is 19.0. The van der Waals surface area contributed by atoms with Crippen LogP contribution >= 0.6 is 0 Å². The van der Waals surface area contributed by atoms with E-state index in [1.807, 2.05) is 24.3 Å². The lowest BCUT2D eigenvalue weighted by Crippen LogP contribution is -2.48. The van der Waals surface area contributed by atoms with Crippen LogP contribution in [-0.4, -0.2) is 61.7 Å². The molecule has 2 rings (SSSR count). The van der Waals surface area contributed by atoms with Crippen LogP contribution < -0.4 is 9.47 Å². The van der Waals surface area contributed by atoms with E-state index in [1.165, 1.54) is 19.3 Å². The van der Waals surface area contributed by atoms with E-state index in [0.717, 1.165) is 11.5 Å². The predicted octanol–water partition coefficient (Wildman–Crippen LogP) is 2.71. The third-order valence-corrected chi connectivity index (χ3v) is 4.65. The molecule has 1 N–H and O–H groups in total. The number of hydrogen-bond acceptors (Lipinski definition) is 5. The maximum Gasteiger partial charge on any atom is 0.123 e. The summed E-state index contributed by atoms with van der Waals surface area (Å²) in [5.41, 5.74) is 0. The number of β-amino-alcohol motifs (C(OH)–C–C–N with tert-alkyl or cyclic N) is 1. The van der Waals surface area contributed by atoms with E-state index < -0.39 is 6.10 Å². The highest BCUT2D eigenvalue weighted by Crippen LogP contribution is 2.22. The van der Waals surface area contributed by atoms with Gasteiger partial charge < -0.3 is 19.3 Å². The van der Waals surface area contributed by atoms with Crippen molar-refractivity contribution < 1.29 is 19.3 Å². The van der Waals surface area contributed by atoms with Crippen LogP contribution in [0.5, 0.6) is 11.5 Å². The van der Waals surface area contributed by atoms with Gasteiger partial charge in [-0.15, -0.1) is 0 Å². The highest BCUT2D eigenvalue weighted by atomic mass is 16.5. The second kappa shape index (κ2) is 9.87. The van der Waals surface area contributed by atoms with Crippen LogP contribution in [0.15, 0.2) is 24.3 Å². The van der Waals surface area contributed by atoms with E-state index in [0.29, 0.717) is 38.4 Å². The molecule has 1 fully saturated rings. The minimum Gasteiger partial charge on any atom is -0.497 e. The number of nitrogens with zero attached hydrogens (tertiary/aromatic N) is 1. The van der Waals surface area contributed by atoms with Gasteiger partial charge in [-0.1, -0.05) is 12.5 Å². The number of benzene rings is 1. The molecule has 0 spiro atoms. The fourth-order valence-corrected chi connectivity index (χ4v) is 3.26. The molecule has 1 aromatic carbocycles. The molecule has 3 unspecified atom stereocenters. The van der Waals surface area contributed by atoms with E-state index >= 15 is 0 Å². The van der Waals surface area contributed by atoms with E-state index in [4.69, 9.17) is 14.2 Å². The lowest BCUT2D eigenvalue weighted by molar-refractivity contribution is -0.0141. The molecule has 1 heterocycles. The van der Waals surface area contributed by atoms with Gasteiger partial charge in [0, 0.05) is 24.7 Å². The first-order chi connectivity index (χ1) is 11.6. The molecule has 1 saturated heterocycles. The zero-order chi connectivity index (χ0) is 17.4. The smallest absolute Gasteiger partial charge is 0.123 e. The topological polar surface area (TPSA) is 51.2 Å². The Hall–Kier alpha value is -1.30. The zero-order valence-corrected chi connectivity index (χ0v) is 15.1. The predicted molar refractivity (Wildman–Crippen MR) is 94.8 cm³/mol. The molecule has 0 saturated carbocycles. The Morgan fingerprint density at radius 2 is 1.88 bits per heavy atom. The molecule has 0 amide bonds. The van der Waals surface area contributed by atoms with Crippen LogP contribution in [-0.2, 0) is 4.74 Å². The van der Waals surface area contributed by atoms with Gasteiger partial charge in [-0.2, -0.15) is 0 Å². The van der Waals surface area contributed by atoms with Crippen molar-refractivity contribution in [1.29, 1.82) is 0 Å². The molecule has 3 atom stereocenters. The van der Waals surface area contributed by atoms with Gasteiger partial charge in [0.1, 0.15) is 18.1 Å². The van der Waals surface area contributed by atoms with Crippen LogP contribution in [0.25, 0.3) is 0 Å². The summed E-state index contributed by atoms with van der Waals surface area (Å²) in [5.74, 6) is 1.53. The summed E-state index contributed by atoms with van der Waals surface area (Å²) in [7, 11) is 1.63. The Morgan fingerprint density at radius 1 is 1.17 bits per heavy atom. The molecular weight excluding hydrogens is 306 g/mol. The van der Waals surface area contributed by atoms with Gasteiger partial charge in [0.2, 0.25) is 0 Å². The van der Waals surface area contributed by atoms with E-state index in [2.05, 4.69) is 18.7 Å². The Morgan fingerprint density at radius 3 is 2.58 bits per heavy atom. The summed E-state index contributed by atoms with van der Waals surface area (Å²) < 4.78 is 16.3. The molecule has 0 radical (unpaired) electrons. The summed E-state index contributed by atoms with van der Waals surface area (Å²) in [6, 6.07) is 8.58. The number of hydrogen-bond donors (Lipinski definition) is 1. The average molecular weight is 337 g/mol. The fourth-order valence-electron chi connectivity index (χ4n) is 3.26. The summed E-state index contributed by atoms with van der Waals surface area (Å²) in [6.45, 7) is 6.42. The van der Waals surface area contributed by atoms with Gasteiger partial charge in [-0.25, -0.2) is 0 Å². The number of likely N-dealkylation sites (tertiary alicyclic amines) is 1. The van der Waals surface area contributed by atoms with Gasteiger partial charge in [0.25, 0.3) is 0 Å². The second-order valence-electron chi connectivity index (χ2n) is 6.58. The number of aliphatic hydroxyl groups is 1. The summed E-state index contributed by atoms with van der Waals surface area (Å²) in [4.78, 5) is 2.39. The van der Waals surface area contributed by atoms with Crippen LogP contribution in [0.1, 0.15) is 33.1 Å². The minimum absolute atomic E-state index is 0.345. The fraction of sp³-hybridized carbons (Fsp3) is 0.684. The lowest BCUT2D eigenvalue weighted by Gasteiger charge is -2.40. The largest absolute Gasteiger partial charge is 0.497 e. The van der Waals surface area contributed by atoms with Gasteiger partial charge in [-0.3, -0.25) is 4.90 Å². The maximum absolute atomic E-state index is 10.2. The van der Waals surface area contributed by atoms with Gasteiger partial charge >= 0.3 is 0 Å². The van der Waals surface area contributed by atoms with Crippen molar-refractivity contribution in [3.05, 3.63) is 24.3 Å². The third kappa shape index (κ3) is 5.96. The van der Waals surface area contributed by atoms with Crippen molar-refractivity contribution in [2.24, 2.45) is 0 Å². The summed E-state index contributed by atoms with van der Waals surface area (Å²) >= 11 is 0. The number of methoxy groups -OCH3 is 1. The van der Waals surface area contributed by atoms with Crippen molar-refractivity contribution >= 4 is 0 Å². The molecule has 24 heavy (non-hydrogen) atoms. The van der Waals surface area contributed by atoms with E-state index in [-0.39, 0.29) is 0 Å². The number of piperidine rings is 1. The quantitative estimate of drug-likeness (QED) is 0.702. The standard InChI is InChI=1S/C19H31NO4/c1-15-6-4-7-16(2)20(15)13-17(21)14-23-10-11-24-19-9-5-8-18(12-19)22-3/h5,8-9,12,15-17,21H,4,6-7,10-11,13-14H2,1-3H3. The monoisotopic (exact) mass is 337 g/mol. The van der Waals surface area contributed by atoms with Crippen molar-refractivity contribution in [3.8, 4) is 11.5 Å².